The van der Waals surface area contributed by atoms with Gasteiger partial charge in [-0.05, 0) is 17.0 Å². The van der Waals surface area contributed by atoms with Gasteiger partial charge in [-0.25, -0.2) is 9.98 Å². The molecule has 1 atom stereocenters. The third kappa shape index (κ3) is 2.58. The number of alkyl halides is 3. The molecular weight excluding hydrogens is 321 g/mol. The molecule has 0 N–H and O–H groups in total. The van der Waals surface area contributed by atoms with Crippen LogP contribution in [0, 0.1) is 0 Å². The van der Waals surface area contributed by atoms with E-state index < -0.39 is 29.0 Å². The van der Waals surface area contributed by atoms with Crippen molar-refractivity contribution in [3.63, 3.8) is 0 Å². The topological polar surface area (TPSA) is 51.5 Å². The van der Waals surface area contributed by atoms with Crippen LogP contribution in [0.25, 0.3) is 0 Å². The van der Waals surface area contributed by atoms with E-state index in [2.05, 4.69) is 14.7 Å². The second-order valence-corrected chi connectivity index (χ2v) is 6.36. The van der Waals surface area contributed by atoms with E-state index in [1.807, 2.05) is 20.8 Å². The summed E-state index contributed by atoms with van der Waals surface area (Å²) in [5, 5.41) is -0.133. The average Bonchev–Trinajstić information content (AvgIpc) is 2.32. The van der Waals surface area contributed by atoms with Gasteiger partial charge in [0.05, 0.1) is 0 Å². The number of hydrogen-bond acceptors (Lipinski definition) is 4. The molecule has 1 aromatic heterocycles. The lowest BCUT2D eigenvalue weighted by Crippen LogP contribution is -2.47. The number of hydrogen-bond donors (Lipinski definition) is 0. The Balaban J connectivity index is 2.71. The summed E-state index contributed by atoms with van der Waals surface area (Å²) in [7, 11) is 0. The number of fused-ring (bicyclic) bond motifs is 1. The standard InChI is InChI=1S/C14H14ClF3N2O2/c1-7(21)22-13(16)10-8(6-19-14(13,17)18)5-9(11(15)20-10)12(2,3)4/h5-6H,1-4H3. The number of aliphatic imine (C=N–C) groups is 1. The number of carbonyl (C=O) groups excluding carboxylic acids is 1. The Morgan fingerprint density at radius 2 is 1.91 bits per heavy atom. The Labute approximate surface area is 130 Å². The fourth-order valence-corrected chi connectivity index (χ4v) is 2.49. The van der Waals surface area contributed by atoms with E-state index in [4.69, 9.17) is 11.6 Å². The van der Waals surface area contributed by atoms with Gasteiger partial charge in [-0.1, -0.05) is 32.4 Å². The Hall–Kier alpha value is -1.63. The minimum Gasteiger partial charge on any atom is -0.415 e. The van der Waals surface area contributed by atoms with Crippen molar-refractivity contribution in [2.24, 2.45) is 4.99 Å². The molecule has 22 heavy (non-hydrogen) atoms. The quantitative estimate of drug-likeness (QED) is 0.446. The van der Waals surface area contributed by atoms with Gasteiger partial charge in [-0.3, -0.25) is 4.79 Å². The number of rotatable bonds is 1. The Morgan fingerprint density at radius 3 is 2.41 bits per heavy atom. The summed E-state index contributed by atoms with van der Waals surface area (Å²) in [6.45, 7) is 6.34. The molecule has 0 saturated heterocycles. The molecule has 1 aliphatic rings. The van der Waals surface area contributed by atoms with Gasteiger partial charge in [0.25, 0.3) is 0 Å². The molecule has 0 bridgehead atoms. The summed E-state index contributed by atoms with van der Waals surface area (Å²) < 4.78 is 46.6. The molecule has 0 spiro atoms. The molecule has 2 heterocycles. The molecule has 4 nitrogen and oxygen atoms in total. The Kier molecular flexibility index (Phi) is 3.76. The van der Waals surface area contributed by atoms with Crippen molar-refractivity contribution in [2.75, 3.05) is 0 Å². The lowest BCUT2D eigenvalue weighted by molar-refractivity contribution is -0.273. The maximum absolute atomic E-state index is 14.8. The SMILES string of the molecule is CC(=O)OC1(F)c2nc(Cl)c(C(C)(C)C)cc2C=NC1(F)F. The third-order valence-electron chi connectivity index (χ3n) is 3.16. The molecule has 0 amide bonds. The normalized spacial score (nSPS) is 23.1. The van der Waals surface area contributed by atoms with Crippen LogP contribution >= 0.6 is 11.6 Å². The van der Waals surface area contributed by atoms with E-state index in [1.165, 1.54) is 6.07 Å². The van der Waals surface area contributed by atoms with Crippen LogP contribution in [0.3, 0.4) is 0 Å². The second-order valence-electron chi connectivity index (χ2n) is 6.00. The maximum atomic E-state index is 14.8. The van der Waals surface area contributed by atoms with Crippen molar-refractivity contribution in [1.82, 2.24) is 4.98 Å². The van der Waals surface area contributed by atoms with Gasteiger partial charge in [0.15, 0.2) is 0 Å². The van der Waals surface area contributed by atoms with Crippen LogP contribution in [0.4, 0.5) is 13.2 Å². The highest BCUT2D eigenvalue weighted by Crippen LogP contribution is 2.47. The highest BCUT2D eigenvalue weighted by atomic mass is 35.5. The van der Waals surface area contributed by atoms with E-state index in [0.29, 0.717) is 5.56 Å². The fourth-order valence-electron chi connectivity index (χ4n) is 2.07. The van der Waals surface area contributed by atoms with Crippen molar-refractivity contribution >= 4 is 23.8 Å². The number of halogens is 4. The third-order valence-corrected chi connectivity index (χ3v) is 3.44. The predicted octanol–water partition coefficient (Wildman–Crippen LogP) is 3.74. The molecular formula is C14H14ClF3N2O2. The minimum absolute atomic E-state index is 0.0102. The molecule has 0 fully saturated rings. The minimum atomic E-state index is -4.29. The monoisotopic (exact) mass is 334 g/mol. The van der Waals surface area contributed by atoms with Crippen LogP contribution in [-0.4, -0.2) is 23.2 Å². The first kappa shape index (κ1) is 16.7. The summed E-state index contributed by atoms with van der Waals surface area (Å²) in [6, 6.07) is -2.87. The van der Waals surface area contributed by atoms with Gasteiger partial charge in [-0.2, -0.15) is 13.2 Å². The fraction of sp³-hybridized carbons (Fsp3) is 0.500. The molecule has 2 rings (SSSR count). The van der Waals surface area contributed by atoms with E-state index >= 15 is 0 Å². The van der Waals surface area contributed by atoms with Crippen molar-refractivity contribution in [2.45, 2.75) is 45.0 Å². The van der Waals surface area contributed by atoms with Crippen molar-refractivity contribution in [3.8, 4) is 0 Å². The summed E-state index contributed by atoms with van der Waals surface area (Å²) >= 11 is 6.00. The van der Waals surface area contributed by atoms with Crippen molar-refractivity contribution < 1.29 is 22.7 Å². The van der Waals surface area contributed by atoms with E-state index in [9.17, 15) is 18.0 Å². The van der Waals surface area contributed by atoms with E-state index in [-0.39, 0.29) is 10.7 Å². The predicted molar refractivity (Wildman–Crippen MR) is 75.0 cm³/mol. The largest absolute Gasteiger partial charge is 0.417 e. The number of pyridine rings is 1. The molecule has 1 unspecified atom stereocenters. The molecule has 0 aliphatic carbocycles. The smallest absolute Gasteiger partial charge is 0.415 e. The van der Waals surface area contributed by atoms with Crippen LogP contribution in [0.2, 0.25) is 5.15 Å². The van der Waals surface area contributed by atoms with Gasteiger partial charge < -0.3 is 4.74 Å². The van der Waals surface area contributed by atoms with Crippen LogP contribution < -0.4 is 0 Å². The van der Waals surface area contributed by atoms with Crippen LogP contribution in [0.5, 0.6) is 0 Å². The van der Waals surface area contributed by atoms with E-state index in [0.717, 1.165) is 13.1 Å². The number of ether oxygens (including phenoxy) is 1. The molecule has 120 valence electrons. The zero-order valence-corrected chi connectivity index (χ0v) is 13.1. The molecule has 1 aliphatic heterocycles. The summed E-state index contributed by atoms with van der Waals surface area (Å²) in [5.41, 5.74) is -0.674. The average molecular weight is 335 g/mol. The van der Waals surface area contributed by atoms with Crippen LogP contribution in [0.15, 0.2) is 11.1 Å². The maximum Gasteiger partial charge on any atom is 0.417 e. The first-order valence-electron chi connectivity index (χ1n) is 6.41. The lowest BCUT2D eigenvalue weighted by atomic mass is 9.86. The zero-order valence-electron chi connectivity index (χ0n) is 12.4. The zero-order chi connectivity index (χ0) is 16.9. The van der Waals surface area contributed by atoms with Gasteiger partial charge in [-0.15, -0.1) is 0 Å². The molecule has 0 aromatic carbocycles. The summed E-state index contributed by atoms with van der Waals surface area (Å²) in [5.74, 6) is -5.01. The van der Waals surface area contributed by atoms with Crippen LogP contribution in [0.1, 0.15) is 44.5 Å². The Morgan fingerprint density at radius 1 is 1.32 bits per heavy atom. The number of esters is 1. The number of carbonyl (C=O) groups is 1. The molecule has 0 radical (unpaired) electrons. The highest BCUT2D eigenvalue weighted by molar-refractivity contribution is 6.30. The van der Waals surface area contributed by atoms with Crippen molar-refractivity contribution in [1.29, 1.82) is 0 Å². The summed E-state index contributed by atoms with van der Waals surface area (Å²) in [6.07, 6.45) is 0.801. The lowest BCUT2D eigenvalue weighted by Gasteiger charge is -2.33. The molecule has 1 aromatic rings. The molecule has 0 saturated carbocycles. The second kappa shape index (κ2) is 4.94. The van der Waals surface area contributed by atoms with Gasteiger partial charge >= 0.3 is 17.9 Å². The number of nitrogens with zero attached hydrogens (tertiary/aromatic N) is 2. The number of aromatic nitrogens is 1. The first-order chi connectivity index (χ1) is 9.88. The van der Waals surface area contributed by atoms with Gasteiger partial charge in [0.2, 0.25) is 0 Å². The van der Waals surface area contributed by atoms with Crippen LogP contribution in [-0.2, 0) is 20.8 Å². The summed E-state index contributed by atoms with van der Waals surface area (Å²) in [4.78, 5) is 17.6. The van der Waals surface area contributed by atoms with E-state index in [1.54, 1.807) is 0 Å². The van der Waals surface area contributed by atoms with Gasteiger partial charge in [0, 0.05) is 18.7 Å². The van der Waals surface area contributed by atoms with Crippen molar-refractivity contribution in [3.05, 3.63) is 28.0 Å². The first-order valence-corrected chi connectivity index (χ1v) is 6.79. The van der Waals surface area contributed by atoms with Gasteiger partial charge in [0.1, 0.15) is 10.8 Å². The highest BCUT2D eigenvalue weighted by Gasteiger charge is 2.63. The Bertz CT molecular complexity index is 671. The molecule has 8 heteroatoms.